The number of ether oxygens (including phenoxy) is 1. The Morgan fingerprint density at radius 2 is 1.72 bits per heavy atom. The second kappa shape index (κ2) is 20.3. The number of alkyl carbamates (subject to hydrolysis) is 1. The van der Waals surface area contributed by atoms with Crippen LogP contribution in [-0.2, 0) is 36.1 Å². The van der Waals surface area contributed by atoms with E-state index in [1.54, 1.807) is 38.2 Å². The second-order valence-corrected chi connectivity index (χ2v) is 16.3. The maximum Gasteiger partial charge on any atom is 0.407 e. The summed E-state index contributed by atoms with van der Waals surface area (Å²) < 4.78 is 6.72. The van der Waals surface area contributed by atoms with Gasteiger partial charge < -0.3 is 36.4 Å². The lowest BCUT2D eigenvalue weighted by atomic mass is 9.84. The number of aromatic nitrogens is 5. The average Bonchev–Trinajstić information content (AvgIpc) is 3.94. The van der Waals surface area contributed by atoms with Gasteiger partial charge in [-0.15, -0.1) is 5.10 Å². The number of pyridine rings is 2. The first-order valence-corrected chi connectivity index (χ1v) is 20.8. The Kier molecular flexibility index (Phi) is 14.7. The van der Waals surface area contributed by atoms with Gasteiger partial charge in [0.25, 0.3) is 11.8 Å². The van der Waals surface area contributed by atoms with Gasteiger partial charge in [0.15, 0.2) is 5.65 Å². The number of likely N-dealkylation sites (tertiary alicyclic amines) is 1. The van der Waals surface area contributed by atoms with Crippen LogP contribution in [0.3, 0.4) is 0 Å². The van der Waals surface area contributed by atoms with E-state index < -0.39 is 65.3 Å². The van der Waals surface area contributed by atoms with Crippen LogP contribution in [0, 0.1) is 5.92 Å². The van der Waals surface area contributed by atoms with E-state index in [2.05, 4.69) is 36.2 Å². The molecular weight excluding hydrogens is 785 g/mol. The van der Waals surface area contributed by atoms with E-state index >= 15 is 0 Å². The molecule has 18 nitrogen and oxygen atoms in total. The normalized spacial score (nSPS) is 17.9. The van der Waals surface area contributed by atoms with Gasteiger partial charge in [-0.2, -0.15) is 0 Å². The van der Waals surface area contributed by atoms with Gasteiger partial charge >= 0.3 is 6.09 Å². The first-order valence-electron chi connectivity index (χ1n) is 20.8. The molecule has 0 bridgehead atoms. The summed E-state index contributed by atoms with van der Waals surface area (Å²) in [7, 11) is 0. The largest absolute Gasteiger partial charge is 0.445 e. The van der Waals surface area contributed by atoms with Gasteiger partial charge in [-0.3, -0.25) is 24.0 Å². The molecule has 4 heterocycles. The molecule has 1 aliphatic heterocycles. The van der Waals surface area contributed by atoms with Crippen molar-refractivity contribution in [2.75, 3.05) is 13.1 Å². The summed E-state index contributed by atoms with van der Waals surface area (Å²) in [5.41, 5.74) is 5.68. The Morgan fingerprint density at radius 1 is 0.951 bits per heavy atom. The molecule has 6 N–H and O–H groups in total. The predicted octanol–water partition coefficient (Wildman–Crippen LogP) is 3.00. The molecular formula is C43H54N10O8. The number of hydrogen-bond acceptors (Lipinski definition) is 12. The zero-order valence-electron chi connectivity index (χ0n) is 34.5. The van der Waals surface area contributed by atoms with Crippen molar-refractivity contribution in [1.82, 2.24) is 45.8 Å². The van der Waals surface area contributed by atoms with Crippen LogP contribution in [0.1, 0.15) is 106 Å². The molecule has 2 aliphatic rings. The quantitative estimate of drug-likeness (QED) is 0.0717. The summed E-state index contributed by atoms with van der Waals surface area (Å²) in [5.74, 6) is -3.94. The summed E-state index contributed by atoms with van der Waals surface area (Å²) >= 11 is 0. The van der Waals surface area contributed by atoms with Gasteiger partial charge in [0, 0.05) is 31.1 Å². The number of primary amides is 1. The molecule has 4 aromatic rings. The van der Waals surface area contributed by atoms with Crippen molar-refractivity contribution < 1.29 is 38.6 Å². The zero-order valence-corrected chi connectivity index (χ0v) is 34.5. The molecule has 61 heavy (non-hydrogen) atoms. The van der Waals surface area contributed by atoms with E-state index in [1.807, 2.05) is 36.4 Å². The Hall–Kier alpha value is -6.30. The van der Waals surface area contributed by atoms with E-state index in [1.165, 1.54) is 15.8 Å². The highest BCUT2D eigenvalue weighted by atomic mass is 16.5. The second-order valence-electron chi connectivity index (χ2n) is 16.3. The van der Waals surface area contributed by atoms with E-state index in [0.29, 0.717) is 30.6 Å². The predicted molar refractivity (Wildman–Crippen MR) is 221 cm³/mol. The molecule has 1 saturated heterocycles. The molecule has 3 aromatic heterocycles. The van der Waals surface area contributed by atoms with E-state index in [9.17, 15) is 33.9 Å². The van der Waals surface area contributed by atoms with E-state index in [-0.39, 0.29) is 44.1 Å². The molecule has 0 radical (unpaired) electrons. The highest BCUT2D eigenvalue weighted by Crippen LogP contribution is 2.33. The number of nitrogens with two attached hydrogens (primary N) is 1. The topological polar surface area (TPSA) is 254 Å². The van der Waals surface area contributed by atoms with Crippen LogP contribution in [0.2, 0.25) is 0 Å². The number of carbonyl (C=O) groups is 6. The molecule has 1 aromatic carbocycles. The van der Waals surface area contributed by atoms with Crippen molar-refractivity contribution in [2.45, 2.75) is 114 Å². The lowest BCUT2D eigenvalue weighted by Crippen LogP contribution is -2.56. The van der Waals surface area contributed by atoms with Crippen LogP contribution in [0.5, 0.6) is 0 Å². The number of nitrogens with one attached hydrogen (secondary N) is 3. The SMILES string of the molecule is CC(C)(O)c1cnnn1[C@H]1C[C@@H](C(=O)NC(CCCCNC(=O)OCc2ccccc2)C(=O)C(N)=O)N(C(=O)[C@@H](CC2CCCCC2)NC(=O)c2ccc3cccnc3n2)C1. The summed E-state index contributed by atoms with van der Waals surface area (Å²) in [5, 5.41) is 28.2. The maximum absolute atomic E-state index is 14.9. The first-order chi connectivity index (χ1) is 29.3. The standard InChI is InChI=1S/C43H54N10O8/c1-43(2,60)35-24-47-51-53(35)30-23-34(40(57)49-31(36(54)37(44)55)17-9-10-20-46-42(59)61-26-28-14-7-4-8-15-28)52(25-30)41(58)33(22-27-12-5-3-6-13-27)50-39(56)32-19-18-29-16-11-21-45-38(29)48-32/h4,7-8,11,14-16,18-19,21,24,27,30-31,33-34,60H,3,5-6,9-10,12-13,17,20,22-23,25-26H2,1-2H3,(H2,44,55)(H,46,59)(H,49,57)(H,50,56)/t30-,31?,33+,34-/m0/s1. The van der Waals surface area contributed by atoms with Gasteiger partial charge in [-0.1, -0.05) is 67.6 Å². The number of nitrogens with zero attached hydrogens (tertiary/aromatic N) is 6. The summed E-state index contributed by atoms with van der Waals surface area (Å²) in [4.78, 5) is 90.7. The maximum atomic E-state index is 14.9. The first kappa shape index (κ1) is 44.3. The minimum atomic E-state index is -1.37. The fourth-order valence-corrected chi connectivity index (χ4v) is 8.07. The third kappa shape index (κ3) is 11.7. The fourth-order valence-electron chi connectivity index (χ4n) is 8.07. The van der Waals surface area contributed by atoms with Crippen LogP contribution in [0.4, 0.5) is 4.79 Å². The number of aliphatic hydroxyl groups is 1. The number of unbranched alkanes of at least 4 members (excludes halogenated alkanes) is 1. The number of rotatable bonds is 18. The number of Topliss-reactive ketones (excluding diaryl/α,β-unsaturated/α-hetero) is 1. The van der Waals surface area contributed by atoms with Gasteiger partial charge in [0.2, 0.25) is 17.6 Å². The van der Waals surface area contributed by atoms with Crippen LogP contribution in [-0.4, -0.2) is 102 Å². The molecule has 18 heteroatoms. The van der Waals surface area contributed by atoms with E-state index in [0.717, 1.165) is 43.1 Å². The molecule has 2 fully saturated rings. The highest BCUT2D eigenvalue weighted by molar-refractivity contribution is 6.37. The van der Waals surface area contributed by atoms with Crippen molar-refractivity contribution in [3.8, 4) is 0 Å². The number of amides is 5. The van der Waals surface area contributed by atoms with Crippen LogP contribution < -0.4 is 21.7 Å². The van der Waals surface area contributed by atoms with Crippen LogP contribution >= 0.6 is 0 Å². The smallest absolute Gasteiger partial charge is 0.407 e. The van der Waals surface area contributed by atoms with Gasteiger partial charge in [-0.25, -0.2) is 19.4 Å². The molecule has 6 rings (SSSR count). The lowest BCUT2D eigenvalue weighted by Gasteiger charge is -2.32. The summed E-state index contributed by atoms with van der Waals surface area (Å²) in [6, 6.07) is 11.9. The molecule has 0 spiro atoms. The Morgan fingerprint density at radius 3 is 2.46 bits per heavy atom. The Labute approximate surface area is 353 Å². The van der Waals surface area contributed by atoms with Crippen molar-refractivity contribution in [2.24, 2.45) is 11.7 Å². The molecule has 5 amide bonds. The van der Waals surface area contributed by atoms with Gasteiger partial charge in [0.1, 0.15) is 30.0 Å². The van der Waals surface area contributed by atoms with Gasteiger partial charge in [0.05, 0.1) is 24.0 Å². The minimum Gasteiger partial charge on any atom is -0.445 e. The highest BCUT2D eigenvalue weighted by Gasteiger charge is 2.45. The van der Waals surface area contributed by atoms with Crippen molar-refractivity contribution in [1.29, 1.82) is 0 Å². The minimum absolute atomic E-state index is 0.0122. The number of ketones is 1. The Balaban J connectivity index is 1.19. The molecule has 1 saturated carbocycles. The van der Waals surface area contributed by atoms with Crippen LogP contribution in [0.25, 0.3) is 11.0 Å². The summed E-state index contributed by atoms with van der Waals surface area (Å²) in [6.45, 7) is 3.39. The molecule has 4 atom stereocenters. The van der Waals surface area contributed by atoms with Crippen molar-refractivity contribution in [3.63, 3.8) is 0 Å². The average molecular weight is 839 g/mol. The third-order valence-electron chi connectivity index (χ3n) is 11.3. The molecule has 1 aliphatic carbocycles. The van der Waals surface area contributed by atoms with Crippen LogP contribution in [0.15, 0.2) is 67.0 Å². The molecule has 1 unspecified atom stereocenters. The van der Waals surface area contributed by atoms with Crippen molar-refractivity contribution in [3.05, 3.63) is 83.9 Å². The third-order valence-corrected chi connectivity index (χ3v) is 11.3. The lowest BCUT2D eigenvalue weighted by molar-refractivity contribution is -0.142. The van der Waals surface area contributed by atoms with Crippen molar-refractivity contribution >= 4 is 46.5 Å². The summed E-state index contributed by atoms with van der Waals surface area (Å²) in [6.07, 6.45) is 8.21. The Bertz CT molecular complexity index is 2190. The van der Waals surface area contributed by atoms with E-state index in [4.69, 9.17) is 10.5 Å². The zero-order chi connectivity index (χ0) is 43.5. The van der Waals surface area contributed by atoms with Gasteiger partial charge in [-0.05, 0) is 75.3 Å². The number of benzene rings is 1. The number of fused-ring (bicyclic) bond motifs is 1. The fraction of sp³-hybridized carbons (Fsp3) is 0.488. The number of hydrogen-bond donors (Lipinski definition) is 5. The monoisotopic (exact) mass is 838 g/mol. The number of carbonyl (C=O) groups excluding carboxylic acids is 6. The molecule has 324 valence electrons.